The quantitative estimate of drug-likeness (QED) is 0.775. The van der Waals surface area contributed by atoms with Gasteiger partial charge in [-0.1, -0.05) is 63.2 Å². The second-order valence-corrected chi connectivity index (χ2v) is 6.50. The highest BCUT2D eigenvalue weighted by molar-refractivity contribution is 5.40. The van der Waals surface area contributed by atoms with Crippen LogP contribution in [0.1, 0.15) is 43.9 Å². The highest BCUT2D eigenvalue weighted by atomic mass is 16.5. The molecule has 22 heavy (non-hydrogen) atoms. The van der Waals surface area contributed by atoms with Gasteiger partial charge in [-0.3, -0.25) is 0 Å². The topological polar surface area (TPSA) is 33.0 Å². The first-order valence-corrected chi connectivity index (χ1v) is 7.68. The maximum atomic E-state index is 8.86. The molecule has 2 rings (SSSR count). The third-order valence-electron chi connectivity index (χ3n) is 3.67. The molecule has 0 fully saturated rings. The third kappa shape index (κ3) is 4.36. The van der Waals surface area contributed by atoms with E-state index in [1.165, 1.54) is 5.56 Å². The molecule has 0 aliphatic carbocycles. The van der Waals surface area contributed by atoms with E-state index in [0.29, 0.717) is 13.0 Å². The number of ether oxygens (including phenoxy) is 1. The molecule has 0 atom stereocenters. The van der Waals surface area contributed by atoms with Gasteiger partial charge < -0.3 is 4.74 Å². The Labute approximate surface area is 133 Å². The first-order valence-electron chi connectivity index (χ1n) is 7.68. The monoisotopic (exact) mass is 293 g/mol. The average molecular weight is 293 g/mol. The molecule has 2 heteroatoms. The molecule has 0 saturated heterocycles. The molecule has 2 aromatic carbocycles. The van der Waals surface area contributed by atoms with Crippen LogP contribution in [-0.4, -0.2) is 0 Å². The number of aryl methyl sites for hydroxylation is 1. The van der Waals surface area contributed by atoms with Crippen molar-refractivity contribution < 1.29 is 4.74 Å². The molecule has 0 unspecified atom stereocenters. The van der Waals surface area contributed by atoms with Crippen LogP contribution in [-0.2, 0) is 18.4 Å². The van der Waals surface area contributed by atoms with Gasteiger partial charge in [-0.25, -0.2) is 0 Å². The van der Waals surface area contributed by atoms with Crippen LogP contribution in [0.4, 0.5) is 0 Å². The zero-order valence-electron chi connectivity index (χ0n) is 13.6. The van der Waals surface area contributed by atoms with Crippen LogP contribution in [0.2, 0.25) is 0 Å². The summed E-state index contributed by atoms with van der Waals surface area (Å²) in [6, 6.07) is 18.7. The summed E-state index contributed by atoms with van der Waals surface area (Å²) in [5, 5.41) is 8.86. The first kappa shape index (κ1) is 16.1. The second kappa shape index (κ2) is 7.13. The van der Waals surface area contributed by atoms with Crippen molar-refractivity contribution >= 4 is 0 Å². The Bertz CT molecular complexity index is 648. The number of hydrogen-bond acceptors (Lipinski definition) is 2. The number of nitriles is 1. The van der Waals surface area contributed by atoms with Gasteiger partial charge in [0.1, 0.15) is 12.4 Å². The van der Waals surface area contributed by atoms with Gasteiger partial charge in [-0.05, 0) is 34.6 Å². The SMILES string of the molecule is CC(C)(C)c1ccc(OCc2ccccc2)c(CCC#N)c1. The summed E-state index contributed by atoms with van der Waals surface area (Å²) in [5.74, 6) is 0.882. The summed E-state index contributed by atoms with van der Waals surface area (Å²) >= 11 is 0. The molecule has 0 aliphatic rings. The average Bonchev–Trinajstić information content (AvgIpc) is 2.51. The summed E-state index contributed by atoms with van der Waals surface area (Å²) in [5.41, 5.74) is 3.63. The Morgan fingerprint density at radius 3 is 2.41 bits per heavy atom. The van der Waals surface area contributed by atoms with Gasteiger partial charge in [0.25, 0.3) is 0 Å². The summed E-state index contributed by atoms with van der Waals surface area (Å²) in [4.78, 5) is 0. The van der Waals surface area contributed by atoms with Gasteiger partial charge in [0.2, 0.25) is 0 Å². The highest BCUT2D eigenvalue weighted by Gasteiger charge is 2.16. The van der Waals surface area contributed by atoms with E-state index in [4.69, 9.17) is 10.00 Å². The molecule has 0 amide bonds. The standard InChI is InChI=1S/C20H23NO/c1-20(2,3)18-11-12-19(17(14-18)10-7-13-21)22-15-16-8-5-4-6-9-16/h4-6,8-9,11-12,14H,7,10,15H2,1-3H3. The Hall–Kier alpha value is -2.27. The van der Waals surface area contributed by atoms with Crippen molar-refractivity contribution in [2.45, 2.75) is 45.6 Å². The molecule has 0 spiro atoms. The number of benzene rings is 2. The summed E-state index contributed by atoms with van der Waals surface area (Å²) in [6.07, 6.45) is 1.24. The van der Waals surface area contributed by atoms with Crippen LogP contribution in [0, 0.1) is 11.3 Å². The van der Waals surface area contributed by atoms with Gasteiger partial charge in [-0.15, -0.1) is 0 Å². The molecule has 2 nitrogen and oxygen atoms in total. The molecule has 0 heterocycles. The fraction of sp³-hybridized carbons (Fsp3) is 0.350. The minimum atomic E-state index is 0.0966. The van der Waals surface area contributed by atoms with E-state index in [1.807, 2.05) is 24.3 Å². The van der Waals surface area contributed by atoms with Gasteiger partial charge in [0.05, 0.1) is 6.07 Å². The van der Waals surface area contributed by atoms with Crippen molar-refractivity contribution in [3.63, 3.8) is 0 Å². The fourth-order valence-electron chi connectivity index (χ4n) is 2.31. The first-order chi connectivity index (χ1) is 10.5. The lowest BCUT2D eigenvalue weighted by Crippen LogP contribution is -2.12. The molecule has 0 N–H and O–H groups in total. The summed E-state index contributed by atoms with van der Waals surface area (Å²) in [6.45, 7) is 7.14. The Morgan fingerprint density at radius 1 is 1.05 bits per heavy atom. The van der Waals surface area contributed by atoms with E-state index in [1.54, 1.807) is 0 Å². The van der Waals surface area contributed by atoms with Crippen LogP contribution >= 0.6 is 0 Å². The van der Waals surface area contributed by atoms with Crippen molar-refractivity contribution in [3.8, 4) is 11.8 Å². The lowest BCUT2D eigenvalue weighted by molar-refractivity contribution is 0.302. The highest BCUT2D eigenvalue weighted by Crippen LogP contribution is 2.29. The largest absolute Gasteiger partial charge is 0.489 e. The van der Waals surface area contributed by atoms with Gasteiger partial charge in [-0.2, -0.15) is 5.26 Å². The van der Waals surface area contributed by atoms with Crippen molar-refractivity contribution in [2.24, 2.45) is 0 Å². The molecule has 0 bridgehead atoms. The molecule has 0 aliphatic heterocycles. The van der Waals surface area contributed by atoms with E-state index in [-0.39, 0.29) is 5.41 Å². The van der Waals surface area contributed by atoms with Crippen LogP contribution in [0.3, 0.4) is 0 Å². The lowest BCUT2D eigenvalue weighted by atomic mass is 9.85. The molecular formula is C20H23NO. The minimum Gasteiger partial charge on any atom is -0.489 e. The van der Waals surface area contributed by atoms with Gasteiger partial charge in [0.15, 0.2) is 0 Å². The van der Waals surface area contributed by atoms with E-state index < -0.39 is 0 Å². The van der Waals surface area contributed by atoms with Crippen molar-refractivity contribution in [1.29, 1.82) is 5.26 Å². The zero-order chi connectivity index (χ0) is 16.0. The lowest BCUT2D eigenvalue weighted by Gasteiger charge is -2.21. The fourth-order valence-corrected chi connectivity index (χ4v) is 2.31. The second-order valence-electron chi connectivity index (χ2n) is 6.50. The molecule has 0 radical (unpaired) electrons. The number of hydrogen-bond donors (Lipinski definition) is 0. The van der Waals surface area contributed by atoms with Gasteiger partial charge in [0, 0.05) is 6.42 Å². The Kier molecular flexibility index (Phi) is 5.22. The maximum absolute atomic E-state index is 8.86. The van der Waals surface area contributed by atoms with E-state index >= 15 is 0 Å². The summed E-state index contributed by atoms with van der Waals surface area (Å²) < 4.78 is 5.98. The van der Waals surface area contributed by atoms with E-state index in [2.05, 4.69) is 51.1 Å². The van der Waals surface area contributed by atoms with Crippen LogP contribution in [0.5, 0.6) is 5.75 Å². The third-order valence-corrected chi connectivity index (χ3v) is 3.67. The van der Waals surface area contributed by atoms with Crippen LogP contribution in [0.15, 0.2) is 48.5 Å². The Balaban J connectivity index is 2.20. The predicted molar refractivity (Wildman–Crippen MR) is 89.9 cm³/mol. The summed E-state index contributed by atoms with van der Waals surface area (Å²) in [7, 11) is 0. The number of rotatable bonds is 5. The smallest absolute Gasteiger partial charge is 0.123 e. The predicted octanol–water partition coefficient (Wildman–Crippen LogP) is 5.02. The molecular weight excluding hydrogens is 270 g/mol. The maximum Gasteiger partial charge on any atom is 0.123 e. The van der Waals surface area contributed by atoms with E-state index in [0.717, 1.165) is 23.3 Å². The van der Waals surface area contributed by atoms with Crippen molar-refractivity contribution in [3.05, 3.63) is 65.2 Å². The molecule has 2 aromatic rings. The molecule has 0 aromatic heterocycles. The normalized spacial score (nSPS) is 11.0. The zero-order valence-corrected chi connectivity index (χ0v) is 13.6. The van der Waals surface area contributed by atoms with Crippen molar-refractivity contribution in [2.75, 3.05) is 0 Å². The minimum absolute atomic E-state index is 0.0966. The van der Waals surface area contributed by atoms with Gasteiger partial charge >= 0.3 is 0 Å². The van der Waals surface area contributed by atoms with Crippen LogP contribution < -0.4 is 4.74 Å². The number of nitrogens with zero attached hydrogens (tertiary/aromatic N) is 1. The molecule has 114 valence electrons. The van der Waals surface area contributed by atoms with E-state index in [9.17, 15) is 0 Å². The molecule has 0 saturated carbocycles. The van der Waals surface area contributed by atoms with Crippen LogP contribution in [0.25, 0.3) is 0 Å². The van der Waals surface area contributed by atoms with Crippen molar-refractivity contribution in [1.82, 2.24) is 0 Å². The Morgan fingerprint density at radius 2 is 1.77 bits per heavy atom.